The number of thiazole rings is 1. The van der Waals surface area contributed by atoms with Gasteiger partial charge in [0.15, 0.2) is 0 Å². The second-order valence-electron chi connectivity index (χ2n) is 3.42. The largest absolute Gasteiger partial charge is 0.317 e. The SMILES string of the molecule is [C-]#[N+]CCc1cnc(C2CCC2)s1. The molecule has 0 bridgehead atoms. The first-order valence-electron chi connectivity index (χ1n) is 4.68. The molecule has 0 aromatic carbocycles. The molecule has 3 heteroatoms. The molecule has 0 spiro atoms. The molecule has 1 aromatic rings. The van der Waals surface area contributed by atoms with Gasteiger partial charge in [0.25, 0.3) is 0 Å². The van der Waals surface area contributed by atoms with E-state index in [1.807, 2.05) is 6.20 Å². The molecule has 0 radical (unpaired) electrons. The quantitative estimate of drug-likeness (QED) is 0.673. The van der Waals surface area contributed by atoms with Gasteiger partial charge in [0.1, 0.15) is 0 Å². The van der Waals surface area contributed by atoms with E-state index in [9.17, 15) is 0 Å². The van der Waals surface area contributed by atoms with E-state index in [0.29, 0.717) is 6.54 Å². The zero-order chi connectivity index (χ0) is 9.10. The number of hydrogen-bond acceptors (Lipinski definition) is 2. The summed E-state index contributed by atoms with van der Waals surface area (Å²) in [7, 11) is 0. The smallest absolute Gasteiger partial charge is 0.219 e. The third-order valence-electron chi connectivity index (χ3n) is 2.50. The maximum Gasteiger partial charge on any atom is 0.219 e. The van der Waals surface area contributed by atoms with Crippen molar-refractivity contribution in [2.75, 3.05) is 6.54 Å². The molecule has 1 heterocycles. The molecule has 1 aliphatic carbocycles. The highest BCUT2D eigenvalue weighted by atomic mass is 32.1. The minimum atomic E-state index is 0.603. The molecular weight excluding hydrogens is 180 g/mol. The third kappa shape index (κ3) is 1.89. The average molecular weight is 192 g/mol. The number of nitrogens with zero attached hydrogens (tertiary/aromatic N) is 2. The van der Waals surface area contributed by atoms with E-state index < -0.39 is 0 Å². The van der Waals surface area contributed by atoms with Crippen LogP contribution in [-0.2, 0) is 6.42 Å². The molecule has 1 aromatic heterocycles. The molecule has 0 saturated heterocycles. The van der Waals surface area contributed by atoms with E-state index in [-0.39, 0.29) is 0 Å². The predicted octanol–water partition coefficient (Wildman–Crippen LogP) is 2.87. The van der Waals surface area contributed by atoms with Gasteiger partial charge in [0.2, 0.25) is 6.54 Å². The van der Waals surface area contributed by atoms with Gasteiger partial charge in [-0.05, 0) is 12.8 Å². The van der Waals surface area contributed by atoms with Crippen molar-refractivity contribution in [3.05, 3.63) is 27.5 Å². The topological polar surface area (TPSA) is 17.2 Å². The van der Waals surface area contributed by atoms with Gasteiger partial charge in [0.05, 0.1) is 11.4 Å². The Morgan fingerprint density at radius 1 is 1.62 bits per heavy atom. The molecule has 0 atom stereocenters. The molecule has 1 fully saturated rings. The van der Waals surface area contributed by atoms with Gasteiger partial charge in [0, 0.05) is 17.0 Å². The Morgan fingerprint density at radius 3 is 3.08 bits per heavy atom. The van der Waals surface area contributed by atoms with Gasteiger partial charge in [-0.3, -0.25) is 0 Å². The molecule has 0 amide bonds. The first kappa shape index (κ1) is 8.71. The van der Waals surface area contributed by atoms with Crippen LogP contribution < -0.4 is 0 Å². The van der Waals surface area contributed by atoms with Crippen molar-refractivity contribution in [3.63, 3.8) is 0 Å². The highest BCUT2D eigenvalue weighted by Gasteiger charge is 2.22. The normalized spacial score (nSPS) is 16.5. The Hall–Kier alpha value is -0.880. The Bertz CT molecular complexity index is 320. The maximum atomic E-state index is 6.70. The molecule has 1 aliphatic rings. The Labute approximate surface area is 82.4 Å². The van der Waals surface area contributed by atoms with Crippen LogP contribution in [0.4, 0.5) is 0 Å². The van der Waals surface area contributed by atoms with E-state index in [1.54, 1.807) is 11.3 Å². The maximum absolute atomic E-state index is 6.70. The number of aromatic nitrogens is 1. The minimum absolute atomic E-state index is 0.603. The Kier molecular flexibility index (Phi) is 2.60. The second kappa shape index (κ2) is 3.89. The molecule has 2 nitrogen and oxygen atoms in total. The molecule has 2 rings (SSSR count). The molecule has 0 aliphatic heterocycles. The fourth-order valence-corrected chi connectivity index (χ4v) is 2.52. The summed E-state index contributed by atoms with van der Waals surface area (Å²) in [5.41, 5.74) is 0. The lowest BCUT2D eigenvalue weighted by molar-refractivity contribution is 0.418. The van der Waals surface area contributed by atoms with E-state index >= 15 is 0 Å². The van der Waals surface area contributed by atoms with E-state index in [4.69, 9.17) is 6.57 Å². The zero-order valence-electron chi connectivity index (χ0n) is 7.49. The molecule has 0 N–H and O–H groups in total. The van der Waals surface area contributed by atoms with Crippen LogP contribution in [0.3, 0.4) is 0 Å². The Morgan fingerprint density at radius 2 is 2.46 bits per heavy atom. The monoisotopic (exact) mass is 192 g/mol. The minimum Gasteiger partial charge on any atom is -0.317 e. The van der Waals surface area contributed by atoms with Crippen molar-refractivity contribution in [1.82, 2.24) is 4.98 Å². The Balaban J connectivity index is 1.97. The van der Waals surface area contributed by atoms with Crippen molar-refractivity contribution >= 4 is 11.3 Å². The first-order valence-corrected chi connectivity index (χ1v) is 5.49. The lowest BCUT2D eigenvalue weighted by Crippen LogP contribution is -2.07. The molecular formula is C10H12N2S. The van der Waals surface area contributed by atoms with Crippen molar-refractivity contribution < 1.29 is 0 Å². The zero-order valence-corrected chi connectivity index (χ0v) is 8.31. The summed E-state index contributed by atoms with van der Waals surface area (Å²) in [5, 5.41) is 1.30. The van der Waals surface area contributed by atoms with Crippen LogP contribution in [0, 0.1) is 6.57 Å². The van der Waals surface area contributed by atoms with E-state index in [1.165, 1.54) is 29.1 Å². The van der Waals surface area contributed by atoms with Crippen LogP contribution in [0.2, 0.25) is 0 Å². The van der Waals surface area contributed by atoms with Crippen LogP contribution in [0.15, 0.2) is 6.20 Å². The fraction of sp³-hybridized carbons (Fsp3) is 0.600. The predicted molar refractivity (Wildman–Crippen MR) is 53.9 cm³/mol. The summed E-state index contributed by atoms with van der Waals surface area (Å²) in [6, 6.07) is 0. The van der Waals surface area contributed by atoms with Crippen LogP contribution in [0.1, 0.15) is 35.1 Å². The summed E-state index contributed by atoms with van der Waals surface area (Å²) in [6.45, 7) is 7.30. The summed E-state index contributed by atoms with van der Waals surface area (Å²) in [6.07, 6.45) is 6.82. The van der Waals surface area contributed by atoms with Gasteiger partial charge < -0.3 is 4.85 Å². The summed E-state index contributed by atoms with van der Waals surface area (Å²) < 4.78 is 0. The van der Waals surface area contributed by atoms with Crippen LogP contribution in [-0.4, -0.2) is 11.5 Å². The van der Waals surface area contributed by atoms with Crippen molar-refractivity contribution in [1.29, 1.82) is 0 Å². The summed E-state index contributed by atoms with van der Waals surface area (Å²) in [4.78, 5) is 9.03. The van der Waals surface area contributed by atoms with Crippen LogP contribution in [0.25, 0.3) is 4.85 Å². The van der Waals surface area contributed by atoms with Crippen LogP contribution in [0.5, 0.6) is 0 Å². The molecule has 13 heavy (non-hydrogen) atoms. The van der Waals surface area contributed by atoms with Gasteiger partial charge >= 0.3 is 0 Å². The lowest BCUT2D eigenvalue weighted by atomic mass is 9.86. The van der Waals surface area contributed by atoms with Crippen LogP contribution >= 0.6 is 11.3 Å². The van der Waals surface area contributed by atoms with Gasteiger partial charge in [-0.2, -0.15) is 0 Å². The summed E-state index contributed by atoms with van der Waals surface area (Å²) in [5.74, 6) is 0.742. The van der Waals surface area contributed by atoms with E-state index in [2.05, 4.69) is 9.83 Å². The fourth-order valence-electron chi connectivity index (χ4n) is 1.45. The third-order valence-corrected chi connectivity index (χ3v) is 3.72. The average Bonchev–Trinajstić information content (AvgIpc) is 2.46. The molecule has 1 saturated carbocycles. The number of hydrogen-bond donors (Lipinski definition) is 0. The summed E-state index contributed by atoms with van der Waals surface area (Å²) >= 11 is 1.80. The molecule has 0 unspecified atom stereocenters. The highest BCUT2D eigenvalue weighted by molar-refractivity contribution is 7.11. The second-order valence-corrected chi connectivity index (χ2v) is 4.57. The van der Waals surface area contributed by atoms with E-state index in [0.717, 1.165) is 12.3 Å². The van der Waals surface area contributed by atoms with Gasteiger partial charge in [-0.1, -0.05) is 6.42 Å². The first-order chi connectivity index (χ1) is 6.40. The number of rotatable bonds is 3. The lowest BCUT2D eigenvalue weighted by Gasteiger charge is -2.22. The molecule has 68 valence electrons. The van der Waals surface area contributed by atoms with Gasteiger partial charge in [-0.25, -0.2) is 11.6 Å². The van der Waals surface area contributed by atoms with Crippen molar-refractivity contribution in [2.45, 2.75) is 31.6 Å². The van der Waals surface area contributed by atoms with Crippen molar-refractivity contribution in [3.8, 4) is 0 Å². The highest BCUT2D eigenvalue weighted by Crippen LogP contribution is 2.38. The van der Waals surface area contributed by atoms with Gasteiger partial charge in [-0.15, -0.1) is 11.3 Å². The van der Waals surface area contributed by atoms with Crippen molar-refractivity contribution in [2.24, 2.45) is 0 Å². The standard InChI is InChI=1S/C10H12N2S/c1-11-6-5-9-7-12-10(13-9)8-3-2-4-8/h7-8H,2-6H2.